The highest BCUT2D eigenvalue weighted by Gasteiger charge is 2.31. The molecular formula is C17H26F3N. The first-order chi connectivity index (χ1) is 9.76. The summed E-state index contributed by atoms with van der Waals surface area (Å²) in [4.78, 5) is 4.39. The largest absolute Gasteiger partial charge is 0.416 e. The number of unbranched alkanes of at least 4 members (excludes halogenated alkanes) is 1. The molecule has 4 heteroatoms. The number of halogens is 3. The van der Waals surface area contributed by atoms with Gasteiger partial charge < -0.3 is 0 Å². The Balaban J connectivity index is 5.66. The van der Waals surface area contributed by atoms with Crippen LogP contribution in [-0.4, -0.2) is 11.9 Å². The van der Waals surface area contributed by atoms with Crippen LogP contribution in [0.1, 0.15) is 60.3 Å². The van der Waals surface area contributed by atoms with Crippen LogP contribution in [0.15, 0.2) is 40.1 Å². The van der Waals surface area contributed by atoms with Crippen molar-refractivity contribution in [2.45, 2.75) is 66.5 Å². The Bertz CT molecular complexity index is 437. The van der Waals surface area contributed by atoms with Crippen LogP contribution in [0.25, 0.3) is 0 Å². The Morgan fingerprint density at radius 3 is 2.14 bits per heavy atom. The SMILES string of the molecule is C\C=C(/C=C(N=C(C)CCC)\C(C)=C\CCC)C(F)(F)F. The van der Waals surface area contributed by atoms with Crippen LogP contribution in [-0.2, 0) is 0 Å². The fraction of sp³-hybridized carbons (Fsp3) is 0.588. The number of hydrogen-bond donors (Lipinski definition) is 0. The minimum absolute atomic E-state index is 0.403. The summed E-state index contributed by atoms with van der Waals surface area (Å²) in [5.74, 6) is 0. The highest BCUT2D eigenvalue weighted by atomic mass is 19.4. The first kappa shape index (κ1) is 19.7. The summed E-state index contributed by atoms with van der Waals surface area (Å²) in [6, 6.07) is 0. The van der Waals surface area contributed by atoms with Gasteiger partial charge in [-0.3, -0.25) is 4.99 Å². The molecule has 0 radical (unpaired) electrons. The fourth-order valence-electron chi connectivity index (χ4n) is 1.80. The zero-order valence-corrected chi connectivity index (χ0v) is 13.6. The van der Waals surface area contributed by atoms with E-state index in [4.69, 9.17) is 0 Å². The minimum atomic E-state index is -4.35. The summed E-state index contributed by atoms with van der Waals surface area (Å²) < 4.78 is 38.7. The molecule has 0 aliphatic heterocycles. The van der Waals surface area contributed by atoms with Crippen molar-refractivity contribution in [2.24, 2.45) is 4.99 Å². The predicted octanol–water partition coefficient (Wildman–Crippen LogP) is 6.39. The van der Waals surface area contributed by atoms with Crippen molar-refractivity contribution in [1.29, 1.82) is 0 Å². The second-order valence-electron chi connectivity index (χ2n) is 5.04. The molecule has 0 bridgehead atoms. The molecule has 0 aliphatic carbocycles. The standard InChI is InChI=1S/C17H26F3N/c1-6-9-11-13(4)16(21-14(5)10-7-2)12-15(8-3)17(18,19)20/h8,11-12H,6-7,9-10H2,1-5H3/b13-11+,15-8+,16-12+,21-14?. The molecule has 21 heavy (non-hydrogen) atoms. The molecule has 0 aromatic carbocycles. The van der Waals surface area contributed by atoms with Crippen LogP contribution >= 0.6 is 0 Å². The molecule has 0 N–H and O–H groups in total. The first-order valence-electron chi connectivity index (χ1n) is 7.42. The molecule has 0 atom stereocenters. The van der Waals surface area contributed by atoms with E-state index in [0.29, 0.717) is 5.70 Å². The lowest BCUT2D eigenvalue weighted by atomic mass is 10.1. The van der Waals surface area contributed by atoms with Crippen LogP contribution < -0.4 is 0 Å². The molecular weight excluding hydrogens is 275 g/mol. The van der Waals surface area contributed by atoms with Crippen molar-refractivity contribution in [1.82, 2.24) is 0 Å². The second kappa shape index (κ2) is 9.59. The summed E-state index contributed by atoms with van der Waals surface area (Å²) in [5, 5.41) is 0. The van der Waals surface area contributed by atoms with Gasteiger partial charge >= 0.3 is 6.18 Å². The van der Waals surface area contributed by atoms with E-state index < -0.39 is 11.7 Å². The van der Waals surface area contributed by atoms with Gasteiger partial charge in [0, 0.05) is 5.71 Å². The van der Waals surface area contributed by atoms with Crippen LogP contribution in [0.2, 0.25) is 0 Å². The molecule has 0 saturated heterocycles. The van der Waals surface area contributed by atoms with Gasteiger partial charge in [-0.2, -0.15) is 13.2 Å². The van der Waals surface area contributed by atoms with E-state index in [1.165, 1.54) is 6.92 Å². The molecule has 0 aromatic heterocycles. The number of nitrogens with zero attached hydrogens (tertiary/aromatic N) is 1. The van der Waals surface area contributed by atoms with Gasteiger partial charge in [0.2, 0.25) is 0 Å². The van der Waals surface area contributed by atoms with Crippen LogP contribution in [0.4, 0.5) is 13.2 Å². The lowest BCUT2D eigenvalue weighted by molar-refractivity contribution is -0.0883. The van der Waals surface area contributed by atoms with Crippen molar-refractivity contribution < 1.29 is 13.2 Å². The second-order valence-corrected chi connectivity index (χ2v) is 5.04. The zero-order valence-electron chi connectivity index (χ0n) is 13.6. The number of alkyl halides is 3. The third-order valence-corrected chi connectivity index (χ3v) is 3.00. The number of hydrogen-bond acceptors (Lipinski definition) is 1. The number of allylic oxidation sites excluding steroid dienone is 5. The van der Waals surface area contributed by atoms with Crippen molar-refractivity contribution in [3.05, 3.63) is 35.1 Å². The van der Waals surface area contributed by atoms with Gasteiger partial charge in [-0.25, -0.2) is 0 Å². The van der Waals surface area contributed by atoms with Crippen molar-refractivity contribution in [3.63, 3.8) is 0 Å². The predicted molar refractivity (Wildman–Crippen MR) is 84.6 cm³/mol. The molecule has 0 amide bonds. The number of rotatable bonds is 7. The Morgan fingerprint density at radius 2 is 1.71 bits per heavy atom. The van der Waals surface area contributed by atoms with Gasteiger partial charge in [0.05, 0.1) is 11.3 Å². The van der Waals surface area contributed by atoms with E-state index in [-0.39, 0.29) is 0 Å². The topological polar surface area (TPSA) is 12.4 Å². The maximum atomic E-state index is 12.9. The van der Waals surface area contributed by atoms with E-state index in [1.54, 1.807) is 0 Å². The molecule has 0 aliphatic rings. The van der Waals surface area contributed by atoms with Crippen molar-refractivity contribution >= 4 is 5.71 Å². The Labute approximate surface area is 126 Å². The lowest BCUT2D eigenvalue weighted by Gasteiger charge is -2.10. The van der Waals surface area contributed by atoms with Gasteiger partial charge in [-0.05, 0) is 45.3 Å². The van der Waals surface area contributed by atoms with Crippen molar-refractivity contribution in [3.8, 4) is 0 Å². The molecule has 0 unspecified atom stereocenters. The summed E-state index contributed by atoms with van der Waals surface area (Å²) in [7, 11) is 0. The van der Waals surface area contributed by atoms with E-state index in [2.05, 4.69) is 4.99 Å². The van der Waals surface area contributed by atoms with Gasteiger partial charge in [0.15, 0.2) is 0 Å². The monoisotopic (exact) mass is 301 g/mol. The average Bonchev–Trinajstić information content (AvgIpc) is 2.39. The Morgan fingerprint density at radius 1 is 1.10 bits per heavy atom. The normalized spacial score (nSPS) is 15.6. The molecule has 0 fully saturated rings. The number of aliphatic imine (C=N–C) groups is 1. The van der Waals surface area contributed by atoms with Crippen LogP contribution in [0.5, 0.6) is 0 Å². The van der Waals surface area contributed by atoms with E-state index in [1.807, 2.05) is 33.8 Å². The molecule has 0 spiro atoms. The maximum absolute atomic E-state index is 12.9. The van der Waals surface area contributed by atoms with Crippen LogP contribution in [0.3, 0.4) is 0 Å². The third kappa shape index (κ3) is 7.88. The van der Waals surface area contributed by atoms with Gasteiger partial charge in [0.1, 0.15) is 0 Å². The fourth-order valence-corrected chi connectivity index (χ4v) is 1.80. The molecule has 0 saturated carbocycles. The molecule has 0 heterocycles. The summed E-state index contributed by atoms with van der Waals surface area (Å²) in [6.45, 7) is 9.12. The zero-order chi connectivity index (χ0) is 16.5. The van der Waals surface area contributed by atoms with Crippen molar-refractivity contribution in [2.75, 3.05) is 0 Å². The highest BCUT2D eigenvalue weighted by molar-refractivity contribution is 5.83. The van der Waals surface area contributed by atoms with Gasteiger partial charge in [-0.15, -0.1) is 0 Å². The van der Waals surface area contributed by atoms with E-state index in [9.17, 15) is 13.2 Å². The molecule has 120 valence electrons. The molecule has 0 aromatic rings. The summed E-state index contributed by atoms with van der Waals surface area (Å²) in [5.41, 5.74) is 1.39. The van der Waals surface area contributed by atoms with Gasteiger partial charge in [0.25, 0.3) is 0 Å². The van der Waals surface area contributed by atoms with Gasteiger partial charge in [-0.1, -0.05) is 38.8 Å². The van der Waals surface area contributed by atoms with Crippen LogP contribution in [0, 0.1) is 0 Å². The maximum Gasteiger partial charge on any atom is 0.416 e. The average molecular weight is 301 g/mol. The lowest BCUT2D eigenvalue weighted by Crippen LogP contribution is -2.10. The quantitative estimate of drug-likeness (QED) is 0.382. The summed E-state index contributed by atoms with van der Waals surface area (Å²) >= 11 is 0. The Kier molecular flexibility index (Phi) is 8.98. The smallest absolute Gasteiger partial charge is 0.258 e. The van der Waals surface area contributed by atoms with E-state index >= 15 is 0 Å². The molecule has 0 rings (SSSR count). The first-order valence-corrected chi connectivity index (χ1v) is 7.42. The van der Waals surface area contributed by atoms with E-state index in [0.717, 1.165) is 49.1 Å². The highest BCUT2D eigenvalue weighted by Crippen LogP contribution is 2.29. The molecule has 1 nitrogen and oxygen atoms in total. The minimum Gasteiger partial charge on any atom is -0.258 e. The third-order valence-electron chi connectivity index (χ3n) is 3.00. The Hall–Kier alpha value is -1.32. The summed E-state index contributed by atoms with van der Waals surface area (Å²) in [6.07, 6.45) is 3.32.